The molecule has 2 heterocycles. The molecule has 9 nitrogen and oxygen atoms in total. The van der Waals surface area contributed by atoms with E-state index < -0.39 is 23.8 Å². The number of thiocarbonyl (C=S) groups is 1. The number of hydrogen-bond donors (Lipinski definition) is 5. The third-order valence-corrected chi connectivity index (χ3v) is 9.03. The average molecular weight is 1100 g/mol. The van der Waals surface area contributed by atoms with Crippen LogP contribution >= 0.6 is 80.5 Å². The van der Waals surface area contributed by atoms with Gasteiger partial charge in [-0.05, 0) is 78.8 Å². The Bertz CT molecular complexity index is 1590. The first-order valence-electron chi connectivity index (χ1n) is 21.2. The Balaban J connectivity index is -0.000000248. The Morgan fingerprint density at radius 3 is 1.54 bits per heavy atom. The van der Waals surface area contributed by atoms with Crippen molar-refractivity contribution in [3.8, 4) is 57.5 Å². The van der Waals surface area contributed by atoms with Gasteiger partial charge in [0.2, 0.25) is 5.78 Å². The van der Waals surface area contributed by atoms with Crippen LogP contribution in [0.4, 0.5) is 0 Å². The summed E-state index contributed by atoms with van der Waals surface area (Å²) < 4.78 is 24.1. The van der Waals surface area contributed by atoms with Crippen molar-refractivity contribution in [2.24, 2.45) is 0 Å². The molecule has 2 rings (SSSR count). The van der Waals surface area contributed by atoms with Crippen LogP contribution in [0.25, 0.3) is 0 Å². The number of hydrogen-bond acceptors (Lipinski definition) is 12. The van der Waals surface area contributed by atoms with Gasteiger partial charge in [0.05, 0.1) is 24.4 Å². The first-order chi connectivity index (χ1) is 30.8. The summed E-state index contributed by atoms with van der Waals surface area (Å²) in [5.74, 6) is 17.5. The number of rotatable bonds is 18. The van der Waals surface area contributed by atoms with Gasteiger partial charge in [0.25, 0.3) is 0 Å². The number of allylic oxidation sites excluding steroid dienone is 1. The zero-order valence-corrected chi connectivity index (χ0v) is 45.9. The maximum Gasteiger partial charge on any atom is 0.125 e. The summed E-state index contributed by atoms with van der Waals surface area (Å²) in [7, 11) is 4.95. The second kappa shape index (κ2) is 51.8. The zero-order valence-electron chi connectivity index (χ0n) is 39.4. The molecule has 2 saturated heterocycles. The van der Waals surface area contributed by atoms with Crippen molar-refractivity contribution >= 4 is 105 Å². The van der Waals surface area contributed by atoms with E-state index in [1.54, 1.807) is 6.15 Å². The molecule has 2 aliphatic heterocycles. The van der Waals surface area contributed by atoms with Gasteiger partial charge in [-0.15, -0.1) is 29.6 Å². The smallest absolute Gasteiger partial charge is 0.125 e. The van der Waals surface area contributed by atoms with Gasteiger partial charge in [0.15, 0.2) is 11.6 Å². The third kappa shape index (κ3) is 53.2. The van der Waals surface area contributed by atoms with E-state index in [9.17, 15) is 9.90 Å². The predicted octanol–water partition coefficient (Wildman–Crippen LogP) is 11.1. The molecular formula is C48H72B2Br2ClNO8S3. The maximum atomic E-state index is 10.1. The maximum absolute atomic E-state index is 10.1. The van der Waals surface area contributed by atoms with Crippen molar-refractivity contribution in [1.82, 2.24) is 5.00 Å². The molecule has 0 aromatic carbocycles. The molecule has 2 aliphatic rings. The fraction of sp³-hybridized carbons (Fsp3) is 0.625. The van der Waals surface area contributed by atoms with Crippen LogP contribution in [0.1, 0.15) is 131 Å². The molecule has 6 atom stereocenters. The Hall–Kier alpha value is -1.59. The topological polar surface area (TPSA) is 127 Å². The van der Waals surface area contributed by atoms with Gasteiger partial charge >= 0.3 is 25.0 Å². The van der Waals surface area contributed by atoms with Gasteiger partial charge in [0.1, 0.15) is 20.1 Å². The van der Waals surface area contributed by atoms with Gasteiger partial charge in [-0.25, -0.2) is 0 Å². The summed E-state index contributed by atoms with van der Waals surface area (Å²) in [6.07, 6.45) is 25.8. The number of unbranched alkanes of at least 4 members (excludes halogenated alkanes) is 8. The number of thiol groups is 1. The minimum Gasteiger partial charge on any atom is -0.301 e. The van der Waals surface area contributed by atoms with Gasteiger partial charge in [-0.2, -0.15) is 12.6 Å². The number of nitrogens with one attached hydrogen (secondary N) is 1. The van der Waals surface area contributed by atoms with Gasteiger partial charge in [-0.3, -0.25) is 4.79 Å². The van der Waals surface area contributed by atoms with Crippen LogP contribution in [0.3, 0.4) is 0 Å². The van der Waals surface area contributed by atoms with Crippen LogP contribution in [0.2, 0.25) is 6.82 Å². The summed E-state index contributed by atoms with van der Waals surface area (Å²) in [6.45, 7) is 24.1. The Kier molecular flexibility index (Phi) is 57.7. The van der Waals surface area contributed by atoms with E-state index in [1.165, 1.54) is 81.4 Å². The number of halogens is 3. The number of carbonyl (C=O) groups is 1. The van der Waals surface area contributed by atoms with Crippen molar-refractivity contribution in [2.45, 2.75) is 186 Å². The molecular weight excluding hydrogens is 1030 g/mol. The summed E-state index contributed by atoms with van der Waals surface area (Å²) in [5.41, 5.74) is 0. The monoisotopic (exact) mass is 1100 g/mol. The normalized spacial score (nSPS) is 18.1. The molecule has 0 aliphatic carbocycles. The minimum absolute atomic E-state index is 0.00481. The number of ether oxygens (including phenoxy) is 4. The second-order valence-corrected chi connectivity index (χ2v) is 16.6. The van der Waals surface area contributed by atoms with Crippen LogP contribution < -0.4 is 5.00 Å². The summed E-state index contributed by atoms with van der Waals surface area (Å²) >= 11 is 22.3. The molecule has 4 N–H and O–H groups in total. The van der Waals surface area contributed by atoms with E-state index in [1.807, 2.05) is 34.5 Å². The molecule has 0 saturated carbocycles. The number of terminal acetylenes is 1. The van der Waals surface area contributed by atoms with E-state index in [2.05, 4.69) is 165 Å². The van der Waals surface area contributed by atoms with Crippen molar-refractivity contribution in [3.05, 3.63) is 38.0 Å². The average Bonchev–Trinajstić information content (AvgIpc) is 3.73. The molecule has 0 aromatic rings. The number of aliphatic hydroxyl groups excluding tert-OH is 2. The Labute approximate surface area is 433 Å². The molecule has 0 unspecified atom stereocenters. The predicted molar refractivity (Wildman–Crippen MR) is 291 cm³/mol. The fourth-order valence-corrected chi connectivity index (χ4v) is 5.67. The van der Waals surface area contributed by atoms with Crippen molar-refractivity contribution in [1.29, 1.82) is 0 Å². The molecule has 65 heavy (non-hydrogen) atoms. The quantitative estimate of drug-likeness (QED) is 0.0104. The van der Waals surface area contributed by atoms with E-state index in [0.717, 1.165) is 18.9 Å². The molecule has 2 radical (unpaired) electrons. The number of aliphatic hydroxyl groups is 2. The van der Waals surface area contributed by atoms with Crippen molar-refractivity contribution < 1.29 is 39.2 Å². The molecule has 0 amide bonds. The molecule has 2 fully saturated rings. The Morgan fingerprint density at radius 2 is 1.23 bits per heavy atom. The van der Waals surface area contributed by atoms with E-state index >= 15 is 0 Å². The van der Waals surface area contributed by atoms with Crippen LogP contribution in [-0.2, 0) is 23.7 Å². The fourth-order valence-electron chi connectivity index (χ4n) is 5.24. The van der Waals surface area contributed by atoms with Crippen LogP contribution in [0.5, 0.6) is 0 Å². The minimum atomic E-state index is -0.815. The van der Waals surface area contributed by atoms with E-state index in [0.29, 0.717) is 23.4 Å². The molecule has 0 spiro atoms. The number of carbonyl (C=O) groups excluding carboxylic acids is 1. The van der Waals surface area contributed by atoms with Gasteiger partial charge in [0, 0.05) is 62.2 Å². The SMILES string of the molecule is C#CC[C@H]1OC(C)(C)O[C@@H]1CCCCCCC.C=CC(=O)C#CBr.C=C[C@H](O)C#CBr.C=C[C@H](O)C#CC#CC[C@H]1OC(C)(C)O[C@@H]1CCCCCCC.CB=S.ONCl.[B]C(=S)CS. The Morgan fingerprint density at radius 1 is 0.846 bits per heavy atom. The summed E-state index contributed by atoms with van der Waals surface area (Å²) in [5, 5.41) is 24.9. The second-order valence-electron chi connectivity index (χ2n) is 14.3. The van der Waals surface area contributed by atoms with Crippen LogP contribution in [0, 0.1) is 57.5 Å². The van der Waals surface area contributed by atoms with Gasteiger partial charge in [-0.1, -0.05) is 128 Å². The van der Waals surface area contributed by atoms with Crippen LogP contribution in [-0.4, -0.2) is 93.9 Å². The van der Waals surface area contributed by atoms with Crippen molar-refractivity contribution in [2.75, 3.05) is 5.75 Å². The van der Waals surface area contributed by atoms with Crippen LogP contribution in [0.15, 0.2) is 38.0 Å². The first kappa shape index (κ1) is 72.4. The largest absolute Gasteiger partial charge is 0.301 e. The summed E-state index contributed by atoms with van der Waals surface area (Å²) in [6, 6.07) is 0. The van der Waals surface area contributed by atoms with E-state index in [-0.39, 0.29) is 30.2 Å². The summed E-state index contributed by atoms with van der Waals surface area (Å²) in [4.78, 5) is 15.9. The number of ketones is 1. The van der Waals surface area contributed by atoms with Crippen molar-refractivity contribution in [3.63, 3.8) is 0 Å². The molecule has 362 valence electrons. The molecule has 0 bridgehead atoms. The standard InChI is InChI=1S/C20H30O3.C15H26O2.C5H5BrO.C5H3BrO.C2H3BS2.CH3BS.ClH2NO/c1-5-7-8-9-12-15-18-19(23-20(3,4)22-18)16-13-10-11-14-17(21)6-2;1-5-7-8-9-10-12-14-13(11-6-2)16-15(3,4)17-14;2*1-2-5(7)3-4-6;3-2(5)1-4;2*1-2-3/h6,17-19,21H,2,5,7-9,12,15-16H2,1,3-4H3;2,13-14H,5,7-12H2,1,3-4H3;2,5,7H,1H2;2H,1H2;4H,1H2;1H3;2-3H/t17-,18+,19+;13-,14-;5-;;;;/m010..../s1. The first-order valence-corrected chi connectivity index (χ1v) is 24.7. The third-order valence-electron chi connectivity index (χ3n) is 7.91. The van der Waals surface area contributed by atoms with Gasteiger partial charge < -0.3 is 34.4 Å². The van der Waals surface area contributed by atoms with E-state index in [4.69, 9.17) is 43.5 Å². The zero-order chi connectivity index (χ0) is 51.0. The molecule has 0 aromatic heterocycles. The molecule has 17 heteroatoms.